The zero-order valence-corrected chi connectivity index (χ0v) is 21.9. The normalized spacial score (nSPS) is 12.2. The fourth-order valence-corrected chi connectivity index (χ4v) is 4.03. The Balaban J connectivity index is 0.000000336. The molecule has 0 unspecified atom stereocenters. The molecule has 4 aromatic rings. The van der Waals surface area contributed by atoms with E-state index in [1.54, 1.807) is 0 Å². The van der Waals surface area contributed by atoms with E-state index in [4.69, 9.17) is 0 Å². The van der Waals surface area contributed by atoms with Crippen LogP contribution in [0.15, 0.2) is 102 Å². The van der Waals surface area contributed by atoms with Crippen LogP contribution in [0.2, 0.25) is 0 Å². The summed E-state index contributed by atoms with van der Waals surface area (Å²) in [6.45, 7) is 0. The lowest BCUT2D eigenvalue weighted by molar-refractivity contribution is -0.140. The van der Waals surface area contributed by atoms with Crippen molar-refractivity contribution in [3.63, 3.8) is 0 Å². The zero-order valence-electron chi connectivity index (χ0n) is 20.3. The molecule has 4 rings (SSSR count). The second-order valence-electron chi connectivity index (χ2n) is 8.47. The van der Waals surface area contributed by atoms with E-state index in [-0.39, 0.29) is 5.56 Å². The fraction of sp³-hybridized carbons (Fsp3) is 0.138. The molecule has 40 heavy (non-hydrogen) atoms. The molecule has 0 saturated carbocycles. The van der Waals surface area contributed by atoms with Crippen molar-refractivity contribution in [2.75, 3.05) is 0 Å². The summed E-state index contributed by atoms with van der Waals surface area (Å²) < 4.78 is 101. The van der Waals surface area contributed by atoms with Gasteiger partial charge in [0.2, 0.25) is 0 Å². The van der Waals surface area contributed by atoms with Gasteiger partial charge >= 0.3 is 12.4 Å². The Morgan fingerprint density at radius 3 is 2.00 bits per heavy atom. The molecular formula is C29H20BrF8NO. The largest absolute Gasteiger partial charge is 0.419 e. The highest BCUT2D eigenvalue weighted by atomic mass is 79.9. The first kappa shape index (κ1) is 30.8. The van der Waals surface area contributed by atoms with Crippen LogP contribution in [-0.4, -0.2) is 5.91 Å². The quantitative estimate of drug-likeness (QED) is 0.219. The molecule has 1 N–H and O–H groups in total. The Morgan fingerprint density at radius 2 is 1.43 bits per heavy atom. The highest BCUT2D eigenvalue weighted by Gasteiger charge is 2.35. The van der Waals surface area contributed by atoms with Crippen molar-refractivity contribution in [3.05, 3.63) is 141 Å². The summed E-state index contributed by atoms with van der Waals surface area (Å²) in [5.41, 5.74) is -0.945. The smallest absolute Gasteiger partial charge is 0.345 e. The molecule has 0 aliphatic heterocycles. The molecule has 0 aliphatic carbocycles. The van der Waals surface area contributed by atoms with Gasteiger partial charge in [-0.25, -0.2) is 8.78 Å². The van der Waals surface area contributed by atoms with E-state index >= 15 is 0 Å². The molecule has 210 valence electrons. The first-order valence-electron chi connectivity index (χ1n) is 11.5. The van der Waals surface area contributed by atoms with Crippen LogP contribution >= 0.6 is 15.9 Å². The molecule has 11 heteroatoms. The van der Waals surface area contributed by atoms with Crippen LogP contribution in [0.1, 0.15) is 38.7 Å². The highest BCUT2D eigenvalue weighted by molar-refractivity contribution is 9.10. The van der Waals surface area contributed by atoms with Gasteiger partial charge in [-0.1, -0.05) is 64.5 Å². The number of carbonyl (C=O) groups is 1. The van der Waals surface area contributed by atoms with Crippen LogP contribution in [0.5, 0.6) is 0 Å². The van der Waals surface area contributed by atoms with Crippen molar-refractivity contribution in [2.45, 2.75) is 24.8 Å². The number of alkyl halides is 6. The van der Waals surface area contributed by atoms with Crippen molar-refractivity contribution < 1.29 is 39.9 Å². The SMILES string of the molecule is Fc1cccc(C(F)(F)F)c1.O=C(N[C@H](Cc1ccccc1)c1cccc(Br)c1)c1ccc(F)c(C(F)(F)F)c1. The summed E-state index contributed by atoms with van der Waals surface area (Å²) in [6.07, 6.45) is -8.90. The second-order valence-corrected chi connectivity index (χ2v) is 9.39. The van der Waals surface area contributed by atoms with Crippen LogP contribution in [0.4, 0.5) is 35.1 Å². The molecule has 0 radical (unpaired) electrons. The van der Waals surface area contributed by atoms with E-state index in [9.17, 15) is 39.9 Å². The van der Waals surface area contributed by atoms with Gasteiger partial charge < -0.3 is 5.32 Å². The highest BCUT2D eigenvalue weighted by Crippen LogP contribution is 2.32. The van der Waals surface area contributed by atoms with Gasteiger partial charge in [-0.15, -0.1) is 0 Å². The number of benzene rings is 4. The minimum absolute atomic E-state index is 0.258. The van der Waals surface area contributed by atoms with Gasteiger partial charge in [-0.2, -0.15) is 26.3 Å². The number of rotatable bonds is 5. The van der Waals surface area contributed by atoms with Crippen molar-refractivity contribution in [1.82, 2.24) is 5.32 Å². The van der Waals surface area contributed by atoms with Gasteiger partial charge in [0, 0.05) is 10.0 Å². The number of halogens is 9. The Hall–Kier alpha value is -3.73. The molecule has 1 amide bonds. The Labute approximate surface area is 232 Å². The monoisotopic (exact) mass is 629 g/mol. The standard InChI is InChI=1S/C22H16BrF4NO.C7H4F4/c23-17-8-4-7-15(12-17)20(11-14-5-2-1-3-6-14)28-21(29)16-9-10-19(24)18(13-16)22(25,26)27;8-6-3-1-2-5(4-6)7(9,10)11/h1-10,12-13,20H,11H2,(H,28,29);1-4H/t20-;/m1./s1. The van der Waals surface area contributed by atoms with E-state index in [1.165, 1.54) is 0 Å². The Kier molecular flexibility index (Phi) is 10.1. The molecule has 1 atom stereocenters. The van der Waals surface area contributed by atoms with E-state index in [2.05, 4.69) is 21.2 Å². The summed E-state index contributed by atoms with van der Waals surface area (Å²) in [4.78, 5) is 12.7. The summed E-state index contributed by atoms with van der Waals surface area (Å²) in [5.74, 6) is -3.00. The van der Waals surface area contributed by atoms with Crippen LogP contribution < -0.4 is 5.32 Å². The average Bonchev–Trinajstić information content (AvgIpc) is 2.88. The third kappa shape index (κ3) is 8.90. The van der Waals surface area contributed by atoms with Crippen molar-refractivity contribution in [1.29, 1.82) is 0 Å². The summed E-state index contributed by atoms with van der Waals surface area (Å²) >= 11 is 3.39. The molecule has 0 aromatic heterocycles. The summed E-state index contributed by atoms with van der Waals surface area (Å²) in [7, 11) is 0. The maximum absolute atomic E-state index is 13.5. The Bertz CT molecular complexity index is 1440. The molecule has 0 bridgehead atoms. The molecular weight excluding hydrogens is 610 g/mol. The van der Waals surface area contributed by atoms with Gasteiger partial charge in [-0.3, -0.25) is 4.79 Å². The number of carbonyl (C=O) groups excluding carboxylic acids is 1. The lowest BCUT2D eigenvalue weighted by Gasteiger charge is -2.20. The first-order valence-corrected chi connectivity index (χ1v) is 12.3. The molecule has 0 aliphatic rings. The number of nitrogens with one attached hydrogen (secondary N) is 1. The van der Waals surface area contributed by atoms with Gasteiger partial charge in [-0.05, 0) is 66.1 Å². The third-order valence-corrected chi connectivity index (χ3v) is 6.02. The fourth-order valence-electron chi connectivity index (χ4n) is 3.62. The summed E-state index contributed by atoms with van der Waals surface area (Å²) in [5, 5.41) is 2.77. The minimum atomic E-state index is -4.88. The third-order valence-electron chi connectivity index (χ3n) is 5.52. The van der Waals surface area contributed by atoms with E-state index in [0.29, 0.717) is 24.6 Å². The Morgan fingerprint density at radius 1 is 0.750 bits per heavy atom. The van der Waals surface area contributed by atoms with E-state index in [0.717, 1.165) is 39.9 Å². The average molecular weight is 630 g/mol. The number of hydrogen-bond donors (Lipinski definition) is 1. The van der Waals surface area contributed by atoms with Crippen LogP contribution in [-0.2, 0) is 18.8 Å². The molecule has 0 heterocycles. The minimum Gasteiger partial charge on any atom is -0.345 e. The maximum Gasteiger partial charge on any atom is 0.419 e. The summed E-state index contributed by atoms with van der Waals surface area (Å²) in [6, 6.07) is 21.7. The lowest BCUT2D eigenvalue weighted by atomic mass is 9.98. The van der Waals surface area contributed by atoms with E-state index in [1.807, 2.05) is 54.6 Å². The topological polar surface area (TPSA) is 29.1 Å². The van der Waals surface area contributed by atoms with Crippen molar-refractivity contribution in [2.24, 2.45) is 0 Å². The van der Waals surface area contributed by atoms with Gasteiger partial charge in [0.15, 0.2) is 0 Å². The molecule has 0 fully saturated rings. The van der Waals surface area contributed by atoms with Gasteiger partial charge in [0.1, 0.15) is 11.6 Å². The molecule has 0 saturated heterocycles. The number of amides is 1. The zero-order chi connectivity index (χ0) is 29.5. The van der Waals surface area contributed by atoms with Crippen molar-refractivity contribution in [3.8, 4) is 0 Å². The van der Waals surface area contributed by atoms with Gasteiger partial charge in [0.05, 0.1) is 17.2 Å². The van der Waals surface area contributed by atoms with Gasteiger partial charge in [0.25, 0.3) is 5.91 Å². The molecule has 2 nitrogen and oxygen atoms in total. The maximum atomic E-state index is 13.5. The predicted octanol–water partition coefficient (Wildman–Crippen LogP) is 9.17. The second kappa shape index (κ2) is 13.1. The predicted molar refractivity (Wildman–Crippen MR) is 137 cm³/mol. The molecule has 0 spiro atoms. The van der Waals surface area contributed by atoms with Crippen LogP contribution in [0.25, 0.3) is 0 Å². The van der Waals surface area contributed by atoms with Crippen molar-refractivity contribution >= 4 is 21.8 Å². The first-order chi connectivity index (χ1) is 18.7. The lowest BCUT2D eigenvalue weighted by Crippen LogP contribution is -2.30. The van der Waals surface area contributed by atoms with E-state index < -0.39 is 47.1 Å². The van der Waals surface area contributed by atoms with Crippen LogP contribution in [0.3, 0.4) is 0 Å². The molecule has 4 aromatic carbocycles. The van der Waals surface area contributed by atoms with Crippen LogP contribution in [0, 0.1) is 11.6 Å². The number of hydrogen-bond acceptors (Lipinski definition) is 1.